The molecule has 1 amide bonds. The summed E-state index contributed by atoms with van der Waals surface area (Å²) in [5.74, 6) is -1.86. The number of nitrogens with one attached hydrogen (secondary N) is 3. The molecule has 0 bridgehead atoms. The van der Waals surface area contributed by atoms with Gasteiger partial charge in [0, 0.05) is 24.5 Å². The van der Waals surface area contributed by atoms with Crippen LogP contribution in [-0.2, 0) is 17.5 Å². The second-order valence-electron chi connectivity index (χ2n) is 8.47. The summed E-state index contributed by atoms with van der Waals surface area (Å²) in [6.07, 6.45) is -4.24. The molecule has 10 nitrogen and oxygen atoms in total. The molecule has 0 aliphatic carbocycles. The van der Waals surface area contributed by atoms with Crippen LogP contribution in [0.3, 0.4) is 0 Å². The van der Waals surface area contributed by atoms with E-state index in [1.807, 2.05) is 0 Å². The number of halogens is 4. The first-order valence-electron chi connectivity index (χ1n) is 11.5. The van der Waals surface area contributed by atoms with E-state index < -0.39 is 23.9 Å². The van der Waals surface area contributed by atoms with Gasteiger partial charge in [-0.25, -0.2) is 14.4 Å². The van der Waals surface area contributed by atoms with E-state index in [2.05, 4.69) is 30.9 Å². The summed E-state index contributed by atoms with van der Waals surface area (Å²) in [5.41, 5.74) is 1.49. The van der Waals surface area contributed by atoms with Gasteiger partial charge in [0.1, 0.15) is 5.75 Å². The van der Waals surface area contributed by atoms with Crippen molar-refractivity contribution in [1.29, 1.82) is 0 Å². The quantitative estimate of drug-likeness (QED) is 0.256. The Balaban J connectivity index is 1.39. The zero-order valence-electron chi connectivity index (χ0n) is 19.8. The van der Waals surface area contributed by atoms with Crippen LogP contribution < -0.4 is 20.7 Å². The zero-order valence-corrected chi connectivity index (χ0v) is 19.8. The molecule has 3 heterocycles. The van der Waals surface area contributed by atoms with E-state index in [0.29, 0.717) is 22.8 Å². The number of benzene rings is 2. The molecular weight excluding hydrogens is 510 g/mol. The van der Waals surface area contributed by atoms with Gasteiger partial charge in [0.25, 0.3) is 5.91 Å². The van der Waals surface area contributed by atoms with E-state index in [4.69, 9.17) is 9.84 Å². The molecule has 5 rings (SSSR count). The van der Waals surface area contributed by atoms with Crippen LogP contribution in [0.1, 0.15) is 19.2 Å². The number of aliphatic hydroxyl groups is 1. The smallest absolute Gasteiger partial charge is 0.449 e. The highest BCUT2D eigenvalue weighted by atomic mass is 19.4. The first kappa shape index (κ1) is 25.2. The molecule has 1 aliphatic heterocycles. The fourth-order valence-electron chi connectivity index (χ4n) is 3.95. The van der Waals surface area contributed by atoms with Crippen molar-refractivity contribution in [3.63, 3.8) is 0 Å². The van der Waals surface area contributed by atoms with Gasteiger partial charge in [-0.1, -0.05) is 0 Å². The lowest BCUT2D eigenvalue weighted by Crippen LogP contribution is -2.34. The highest BCUT2D eigenvalue weighted by Crippen LogP contribution is 2.34. The third kappa shape index (κ3) is 5.02. The third-order valence-electron chi connectivity index (χ3n) is 5.72. The number of aromatic nitrogens is 4. The van der Waals surface area contributed by atoms with Crippen LogP contribution in [0.2, 0.25) is 0 Å². The molecule has 0 saturated heterocycles. The lowest BCUT2D eigenvalue weighted by atomic mass is 10.2. The molecule has 1 atom stereocenters. The van der Waals surface area contributed by atoms with Crippen molar-refractivity contribution in [3.05, 3.63) is 54.2 Å². The maximum absolute atomic E-state index is 14.5. The summed E-state index contributed by atoms with van der Waals surface area (Å²) in [6.45, 7) is 1.30. The van der Waals surface area contributed by atoms with Crippen LogP contribution >= 0.6 is 0 Å². The molecule has 0 spiro atoms. The van der Waals surface area contributed by atoms with E-state index in [-0.39, 0.29) is 48.3 Å². The maximum Gasteiger partial charge on any atom is 0.449 e. The maximum atomic E-state index is 14.5. The van der Waals surface area contributed by atoms with Crippen molar-refractivity contribution < 1.29 is 32.2 Å². The number of imidazole rings is 1. The van der Waals surface area contributed by atoms with E-state index in [0.717, 1.165) is 10.8 Å². The molecule has 1 aliphatic rings. The molecule has 38 heavy (non-hydrogen) atoms. The van der Waals surface area contributed by atoms with Gasteiger partial charge in [-0.3, -0.25) is 4.79 Å². The number of nitrogens with zero attached hydrogens (tertiary/aromatic N) is 4. The Morgan fingerprint density at radius 1 is 1.13 bits per heavy atom. The third-order valence-corrected chi connectivity index (χ3v) is 5.72. The van der Waals surface area contributed by atoms with Gasteiger partial charge >= 0.3 is 6.18 Å². The number of hydrogen-bond donors (Lipinski definition) is 4. The number of rotatable bonds is 7. The van der Waals surface area contributed by atoms with Gasteiger partial charge in [0.05, 0.1) is 22.9 Å². The molecule has 2 aromatic carbocycles. The molecule has 4 N–H and O–H groups in total. The van der Waals surface area contributed by atoms with Gasteiger partial charge in [-0.15, -0.1) is 0 Å². The zero-order chi connectivity index (χ0) is 27.0. The summed E-state index contributed by atoms with van der Waals surface area (Å²) >= 11 is 0. The molecular formula is C24H21F4N7O3. The van der Waals surface area contributed by atoms with Crippen molar-refractivity contribution in [1.82, 2.24) is 19.5 Å². The molecule has 0 saturated carbocycles. The highest BCUT2D eigenvalue weighted by molar-refractivity contribution is 5.98. The molecule has 0 radical (unpaired) electrons. The summed E-state index contributed by atoms with van der Waals surface area (Å²) < 4.78 is 61.5. The Morgan fingerprint density at radius 2 is 1.89 bits per heavy atom. The van der Waals surface area contributed by atoms with Gasteiger partial charge in [0.15, 0.2) is 17.7 Å². The van der Waals surface area contributed by atoms with Crippen LogP contribution in [0.25, 0.3) is 11.0 Å². The van der Waals surface area contributed by atoms with E-state index in [1.54, 1.807) is 25.1 Å². The fraction of sp³-hybridized carbons (Fsp3) is 0.250. The Labute approximate surface area is 212 Å². The van der Waals surface area contributed by atoms with E-state index >= 15 is 0 Å². The number of hydrogen-bond acceptors (Lipinski definition) is 8. The second kappa shape index (κ2) is 9.78. The Bertz CT molecular complexity index is 1520. The van der Waals surface area contributed by atoms with Gasteiger partial charge in [0.2, 0.25) is 11.8 Å². The summed E-state index contributed by atoms with van der Waals surface area (Å²) in [5, 5.41) is 17.4. The molecule has 2 aromatic heterocycles. The lowest BCUT2D eigenvalue weighted by molar-refractivity contribution is -0.147. The molecule has 0 fully saturated rings. The summed E-state index contributed by atoms with van der Waals surface area (Å²) in [7, 11) is 0. The van der Waals surface area contributed by atoms with Crippen molar-refractivity contribution in [2.75, 3.05) is 22.6 Å². The number of carbonyl (C=O) groups excluding carboxylic acids is 1. The van der Waals surface area contributed by atoms with Gasteiger partial charge < -0.3 is 30.4 Å². The van der Waals surface area contributed by atoms with Crippen molar-refractivity contribution >= 4 is 45.8 Å². The van der Waals surface area contributed by atoms with Crippen LogP contribution in [0.15, 0.2) is 42.6 Å². The Morgan fingerprint density at radius 3 is 2.66 bits per heavy atom. The van der Waals surface area contributed by atoms with Crippen LogP contribution in [0.5, 0.6) is 5.75 Å². The fourth-order valence-corrected chi connectivity index (χ4v) is 3.95. The SMILES string of the molecule is C[C@@H]1Oc2ccc(Nc3nc(Nc4ccc5c(c4)nc(C(F)(F)F)n5CCCO)ncc3F)cc2NC1=O. The second-order valence-corrected chi connectivity index (χ2v) is 8.47. The molecule has 0 unspecified atom stereocenters. The standard InChI is InChI=1S/C24H21F4N7O3/c1-12-21(37)32-17-10-13(4-6-19(17)38-12)30-20-15(25)11-29-23(34-20)31-14-3-5-18-16(9-14)33-22(24(26,27)28)35(18)7-2-8-36/h3-6,9-12,36H,2,7-8H2,1H3,(H,32,37)(H2,29,30,31,34)/t12-/m0/s1. The summed E-state index contributed by atoms with van der Waals surface area (Å²) in [4.78, 5) is 23.6. The normalized spacial score (nSPS) is 15.1. The lowest BCUT2D eigenvalue weighted by Gasteiger charge is -2.23. The number of aliphatic hydroxyl groups excluding tert-OH is 1. The Kier molecular flexibility index (Phi) is 6.48. The first-order valence-corrected chi connectivity index (χ1v) is 11.5. The van der Waals surface area contributed by atoms with Crippen molar-refractivity contribution in [2.45, 2.75) is 32.2 Å². The average molecular weight is 531 g/mol. The molecule has 4 aromatic rings. The minimum absolute atomic E-state index is 0.0209. The first-order chi connectivity index (χ1) is 18.1. The van der Waals surface area contributed by atoms with Crippen molar-refractivity contribution in [2.24, 2.45) is 0 Å². The Hall–Kier alpha value is -4.46. The van der Waals surface area contributed by atoms with Gasteiger partial charge in [-0.05, 0) is 49.7 Å². The predicted molar refractivity (Wildman–Crippen MR) is 130 cm³/mol. The average Bonchev–Trinajstić information content (AvgIpc) is 3.24. The predicted octanol–water partition coefficient (Wildman–Crippen LogP) is 4.57. The molecule has 198 valence electrons. The number of carbonyl (C=O) groups is 1. The molecule has 14 heteroatoms. The summed E-state index contributed by atoms with van der Waals surface area (Å²) in [6, 6.07) is 9.18. The number of anilines is 5. The minimum Gasteiger partial charge on any atom is -0.479 e. The number of ether oxygens (including phenoxy) is 1. The van der Waals surface area contributed by atoms with Gasteiger partial charge in [-0.2, -0.15) is 18.2 Å². The van der Waals surface area contributed by atoms with Crippen LogP contribution in [0.4, 0.5) is 46.4 Å². The topological polar surface area (TPSA) is 126 Å². The highest BCUT2D eigenvalue weighted by Gasteiger charge is 2.37. The number of fused-ring (bicyclic) bond motifs is 2. The van der Waals surface area contributed by atoms with E-state index in [9.17, 15) is 22.4 Å². The number of aryl methyl sites for hydroxylation is 1. The largest absolute Gasteiger partial charge is 0.479 e. The monoisotopic (exact) mass is 531 g/mol. The van der Waals surface area contributed by atoms with E-state index in [1.165, 1.54) is 18.2 Å². The van der Waals surface area contributed by atoms with Crippen LogP contribution in [-0.4, -0.2) is 43.2 Å². The van der Waals surface area contributed by atoms with Crippen molar-refractivity contribution in [3.8, 4) is 5.75 Å². The number of amides is 1. The van der Waals surface area contributed by atoms with Crippen LogP contribution in [0, 0.1) is 5.82 Å². The minimum atomic E-state index is -4.67. The number of alkyl halides is 3.